The molecule has 23 heavy (non-hydrogen) atoms. The molecule has 1 heterocycles. The van der Waals surface area contributed by atoms with Crippen LogP contribution in [0.4, 0.5) is 0 Å². The zero-order valence-electron chi connectivity index (χ0n) is 15.1. The van der Waals surface area contributed by atoms with Crippen LogP contribution in [-0.4, -0.2) is 61.1 Å². The van der Waals surface area contributed by atoms with Crippen molar-refractivity contribution in [3.8, 4) is 0 Å². The quantitative estimate of drug-likeness (QED) is 0.410. The minimum Gasteiger partial charge on any atom is -0.357 e. The number of likely N-dealkylation sites (N-methyl/N-ethyl adjacent to an activating group) is 1. The second kappa shape index (κ2) is 8.88. The van der Waals surface area contributed by atoms with Crippen molar-refractivity contribution >= 4 is 29.9 Å². The van der Waals surface area contributed by atoms with Gasteiger partial charge in [0, 0.05) is 31.7 Å². The molecule has 3 unspecified atom stereocenters. The molecule has 0 amide bonds. The van der Waals surface area contributed by atoms with Crippen molar-refractivity contribution in [1.82, 2.24) is 15.1 Å². The molecule has 0 spiro atoms. The molecule has 2 saturated carbocycles. The number of aliphatic imine (C=N–C) groups is 1. The summed E-state index contributed by atoms with van der Waals surface area (Å²) in [5.74, 6) is 3.00. The van der Waals surface area contributed by atoms with E-state index in [4.69, 9.17) is 4.99 Å². The monoisotopic (exact) mass is 434 g/mol. The van der Waals surface area contributed by atoms with Crippen LogP contribution in [0.1, 0.15) is 52.4 Å². The topological polar surface area (TPSA) is 30.9 Å². The number of fused-ring (bicyclic) bond motifs is 1. The number of guanidine groups is 1. The maximum absolute atomic E-state index is 4.97. The lowest BCUT2D eigenvalue weighted by molar-refractivity contribution is 0.252. The summed E-state index contributed by atoms with van der Waals surface area (Å²) >= 11 is 0. The standard InChI is InChI=1S/C18H34N4.HI/c1-4-19-18(20-11-14(2)21(3)17-9-10-17)22-12-15-7-5-6-8-16(15)13-22;/h14-17H,4-13H2,1-3H3,(H,19,20);1H. The van der Waals surface area contributed by atoms with Gasteiger partial charge in [-0.25, -0.2) is 0 Å². The second-order valence-electron chi connectivity index (χ2n) is 7.65. The zero-order chi connectivity index (χ0) is 15.5. The molecule has 0 aromatic rings. The van der Waals surface area contributed by atoms with Gasteiger partial charge >= 0.3 is 0 Å². The predicted octanol–water partition coefficient (Wildman–Crippen LogP) is 3.17. The van der Waals surface area contributed by atoms with Gasteiger partial charge in [0.2, 0.25) is 0 Å². The molecule has 4 nitrogen and oxygen atoms in total. The lowest BCUT2D eigenvalue weighted by Crippen LogP contribution is -2.41. The SMILES string of the molecule is CCNC(=NCC(C)N(C)C1CC1)N1CC2CCCCC2C1.I. The molecule has 1 N–H and O–H groups in total. The number of nitrogens with zero attached hydrogens (tertiary/aromatic N) is 3. The maximum atomic E-state index is 4.97. The number of hydrogen-bond donors (Lipinski definition) is 1. The van der Waals surface area contributed by atoms with Crippen LogP contribution in [0.5, 0.6) is 0 Å². The van der Waals surface area contributed by atoms with E-state index >= 15 is 0 Å². The van der Waals surface area contributed by atoms with Crippen molar-refractivity contribution in [2.45, 2.75) is 64.5 Å². The fraction of sp³-hybridized carbons (Fsp3) is 0.944. The first-order chi connectivity index (χ1) is 10.7. The van der Waals surface area contributed by atoms with Gasteiger partial charge in [-0.3, -0.25) is 9.89 Å². The van der Waals surface area contributed by atoms with Crippen LogP contribution in [-0.2, 0) is 0 Å². The van der Waals surface area contributed by atoms with Crippen LogP contribution in [0.25, 0.3) is 0 Å². The second-order valence-corrected chi connectivity index (χ2v) is 7.65. The molecule has 1 aliphatic heterocycles. The Labute approximate surface area is 159 Å². The zero-order valence-corrected chi connectivity index (χ0v) is 17.5. The van der Waals surface area contributed by atoms with Crippen molar-refractivity contribution in [3.63, 3.8) is 0 Å². The molecule has 0 bridgehead atoms. The molecule has 3 fully saturated rings. The molecule has 0 aromatic heterocycles. The predicted molar refractivity (Wildman–Crippen MR) is 109 cm³/mol. The maximum Gasteiger partial charge on any atom is 0.193 e. The van der Waals surface area contributed by atoms with Gasteiger partial charge in [-0.15, -0.1) is 24.0 Å². The molecule has 134 valence electrons. The lowest BCUT2D eigenvalue weighted by Gasteiger charge is -2.25. The third-order valence-electron chi connectivity index (χ3n) is 5.93. The van der Waals surface area contributed by atoms with E-state index in [0.717, 1.165) is 36.9 Å². The number of nitrogens with one attached hydrogen (secondary N) is 1. The van der Waals surface area contributed by atoms with E-state index in [9.17, 15) is 0 Å². The van der Waals surface area contributed by atoms with Crippen molar-refractivity contribution in [3.05, 3.63) is 0 Å². The highest BCUT2D eigenvalue weighted by Gasteiger charge is 2.35. The molecule has 0 aromatic carbocycles. The number of hydrogen-bond acceptors (Lipinski definition) is 2. The van der Waals surface area contributed by atoms with E-state index in [1.807, 2.05) is 0 Å². The van der Waals surface area contributed by atoms with Crippen LogP contribution in [0.15, 0.2) is 4.99 Å². The molecule has 3 atom stereocenters. The smallest absolute Gasteiger partial charge is 0.193 e. The third kappa shape index (κ3) is 4.97. The van der Waals surface area contributed by atoms with Crippen molar-refractivity contribution in [1.29, 1.82) is 0 Å². The summed E-state index contributed by atoms with van der Waals surface area (Å²) in [4.78, 5) is 10.0. The Morgan fingerprint density at radius 3 is 2.30 bits per heavy atom. The van der Waals surface area contributed by atoms with E-state index in [1.54, 1.807) is 0 Å². The number of halogens is 1. The summed E-state index contributed by atoms with van der Waals surface area (Å²) in [5, 5.41) is 3.53. The van der Waals surface area contributed by atoms with Crippen molar-refractivity contribution < 1.29 is 0 Å². The molecule has 3 rings (SSSR count). The highest BCUT2D eigenvalue weighted by molar-refractivity contribution is 14.0. The molecule has 2 aliphatic carbocycles. The average Bonchev–Trinajstić information content (AvgIpc) is 3.29. The first kappa shape index (κ1) is 19.3. The van der Waals surface area contributed by atoms with Gasteiger partial charge in [-0.2, -0.15) is 0 Å². The Bertz CT molecular complexity index is 382. The summed E-state index contributed by atoms with van der Waals surface area (Å²) < 4.78 is 0. The van der Waals surface area contributed by atoms with Crippen LogP contribution < -0.4 is 5.32 Å². The van der Waals surface area contributed by atoms with Crippen LogP contribution >= 0.6 is 24.0 Å². The minimum absolute atomic E-state index is 0. The molecule has 1 saturated heterocycles. The van der Waals surface area contributed by atoms with Crippen LogP contribution in [0.2, 0.25) is 0 Å². The minimum atomic E-state index is 0. The molecule has 0 radical (unpaired) electrons. The molecule has 5 heteroatoms. The van der Waals surface area contributed by atoms with Crippen LogP contribution in [0, 0.1) is 11.8 Å². The average molecular weight is 434 g/mol. The Morgan fingerprint density at radius 1 is 1.17 bits per heavy atom. The first-order valence-electron chi connectivity index (χ1n) is 9.44. The number of rotatable bonds is 5. The van der Waals surface area contributed by atoms with Gasteiger partial charge in [0.05, 0.1) is 6.54 Å². The Balaban J connectivity index is 0.00000192. The molecular weight excluding hydrogens is 399 g/mol. The lowest BCUT2D eigenvalue weighted by atomic mass is 9.82. The van der Waals surface area contributed by atoms with Crippen molar-refractivity contribution in [2.75, 3.05) is 33.2 Å². The first-order valence-corrected chi connectivity index (χ1v) is 9.44. The molecule has 3 aliphatic rings. The van der Waals surface area contributed by atoms with Gasteiger partial charge in [0.25, 0.3) is 0 Å². The van der Waals surface area contributed by atoms with E-state index in [1.165, 1.54) is 51.6 Å². The van der Waals surface area contributed by atoms with E-state index in [0.29, 0.717) is 6.04 Å². The van der Waals surface area contributed by atoms with Gasteiger partial charge in [0.1, 0.15) is 0 Å². The van der Waals surface area contributed by atoms with Gasteiger partial charge < -0.3 is 10.2 Å². The Hall–Kier alpha value is -0.0400. The normalized spacial score (nSPS) is 29.2. The molecular formula is C18H35IN4. The number of likely N-dealkylation sites (tertiary alicyclic amines) is 1. The fourth-order valence-electron chi connectivity index (χ4n) is 4.19. The summed E-state index contributed by atoms with van der Waals surface area (Å²) in [7, 11) is 2.26. The van der Waals surface area contributed by atoms with Gasteiger partial charge in [0.15, 0.2) is 5.96 Å². The van der Waals surface area contributed by atoms with E-state index in [2.05, 4.69) is 36.0 Å². The van der Waals surface area contributed by atoms with E-state index < -0.39 is 0 Å². The summed E-state index contributed by atoms with van der Waals surface area (Å²) in [6.45, 7) is 8.83. The van der Waals surface area contributed by atoms with Gasteiger partial charge in [-0.05, 0) is 58.4 Å². The largest absolute Gasteiger partial charge is 0.357 e. The van der Waals surface area contributed by atoms with E-state index in [-0.39, 0.29) is 24.0 Å². The Morgan fingerprint density at radius 2 is 1.78 bits per heavy atom. The van der Waals surface area contributed by atoms with Gasteiger partial charge in [-0.1, -0.05) is 12.8 Å². The summed E-state index contributed by atoms with van der Waals surface area (Å²) in [6, 6.07) is 1.37. The Kier molecular flexibility index (Phi) is 7.45. The van der Waals surface area contributed by atoms with Crippen LogP contribution in [0.3, 0.4) is 0 Å². The highest BCUT2D eigenvalue weighted by Crippen LogP contribution is 2.36. The third-order valence-corrected chi connectivity index (χ3v) is 5.93. The summed E-state index contributed by atoms with van der Waals surface area (Å²) in [5.41, 5.74) is 0. The summed E-state index contributed by atoms with van der Waals surface area (Å²) in [6.07, 6.45) is 8.49. The fourth-order valence-corrected chi connectivity index (χ4v) is 4.19. The van der Waals surface area contributed by atoms with Crippen molar-refractivity contribution in [2.24, 2.45) is 16.8 Å². The highest BCUT2D eigenvalue weighted by atomic mass is 127.